The summed E-state index contributed by atoms with van der Waals surface area (Å²) < 4.78 is 32.5. The Morgan fingerprint density at radius 2 is 1.29 bits per heavy atom. The van der Waals surface area contributed by atoms with E-state index in [9.17, 15) is 14.4 Å². The average molecular weight is 631 g/mol. The van der Waals surface area contributed by atoms with Gasteiger partial charge in [0.15, 0.2) is 23.0 Å². The van der Waals surface area contributed by atoms with Crippen LogP contribution in [0.25, 0.3) is 0 Å². The smallest absolute Gasteiger partial charge is 0.314 e. The summed E-state index contributed by atoms with van der Waals surface area (Å²) in [7, 11) is 8.93. The molecule has 3 rings (SSSR count). The molecule has 0 saturated carbocycles. The van der Waals surface area contributed by atoms with Crippen LogP contribution in [0, 0.1) is 5.92 Å². The highest BCUT2D eigenvalue weighted by atomic mass is 16.5. The van der Waals surface area contributed by atoms with Gasteiger partial charge in [0.1, 0.15) is 0 Å². The molecule has 1 aliphatic rings. The average Bonchev–Trinajstić information content (AvgIpc) is 3.07. The van der Waals surface area contributed by atoms with Gasteiger partial charge in [-0.3, -0.25) is 9.59 Å². The number of piperidine rings is 1. The van der Waals surface area contributed by atoms with Crippen LogP contribution in [0.5, 0.6) is 34.5 Å². The lowest BCUT2D eigenvalue weighted by molar-refractivity contribution is 0.0619. The van der Waals surface area contributed by atoms with E-state index in [1.165, 1.54) is 42.7 Å². The van der Waals surface area contributed by atoms with Crippen LogP contribution in [0.1, 0.15) is 53.3 Å². The third kappa shape index (κ3) is 8.77. The minimum absolute atomic E-state index is 0.235. The standard InChI is InChI=1S/C32H46N4O9/c1-8-9-10-12-33-32(39)34-18-22-19-36(31(38)21-16-26(42-4)29(45-7)27(17-21)43-5)13-11-23(22)35-30(37)20-14-24(40-2)28(44-6)25(15-20)41-3/h14-17,22-23H,8-13,18-19H2,1-7H3,(H,35,37)(H2,33,34,39)/t22-,23+/m1/s1. The number of unbranched alkanes of at least 4 members (excludes halogenated alkanes) is 2. The highest BCUT2D eigenvalue weighted by Crippen LogP contribution is 2.39. The van der Waals surface area contributed by atoms with Gasteiger partial charge in [-0.05, 0) is 37.1 Å². The van der Waals surface area contributed by atoms with Crippen LogP contribution in [0.2, 0.25) is 0 Å². The zero-order chi connectivity index (χ0) is 32.9. The molecule has 2 aromatic carbocycles. The van der Waals surface area contributed by atoms with Crippen LogP contribution in [0.15, 0.2) is 24.3 Å². The highest BCUT2D eigenvalue weighted by Gasteiger charge is 2.34. The van der Waals surface area contributed by atoms with E-state index in [0.717, 1.165) is 19.3 Å². The van der Waals surface area contributed by atoms with Gasteiger partial charge in [0.05, 0.1) is 42.7 Å². The molecule has 0 aliphatic carbocycles. The largest absolute Gasteiger partial charge is 0.493 e. The Kier molecular flexibility index (Phi) is 13.3. The van der Waals surface area contributed by atoms with E-state index < -0.39 is 0 Å². The molecule has 0 radical (unpaired) electrons. The van der Waals surface area contributed by atoms with Gasteiger partial charge in [0, 0.05) is 49.3 Å². The first-order valence-electron chi connectivity index (χ1n) is 15.0. The fraction of sp³-hybridized carbons (Fsp3) is 0.531. The van der Waals surface area contributed by atoms with E-state index in [4.69, 9.17) is 28.4 Å². The molecule has 4 amide bonds. The molecule has 1 saturated heterocycles. The lowest BCUT2D eigenvalue weighted by Gasteiger charge is -2.39. The van der Waals surface area contributed by atoms with Crippen molar-refractivity contribution >= 4 is 17.8 Å². The Morgan fingerprint density at radius 1 is 0.756 bits per heavy atom. The first kappa shape index (κ1) is 34.9. The SMILES string of the molecule is CCCCCNC(=O)NC[C@@H]1CN(C(=O)c2cc(OC)c(OC)c(OC)c2)CC[C@@H]1NC(=O)c1cc(OC)c(OC)c(OC)c1. The predicted molar refractivity (Wildman–Crippen MR) is 168 cm³/mol. The molecule has 0 spiro atoms. The van der Waals surface area contributed by atoms with E-state index >= 15 is 0 Å². The summed E-state index contributed by atoms with van der Waals surface area (Å²) >= 11 is 0. The van der Waals surface area contributed by atoms with Crippen molar-refractivity contribution in [3.63, 3.8) is 0 Å². The second-order valence-corrected chi connectivity index (χ2v) is 10.6. The number of carbonyl (C=O) groups is 3. The van der Waals surface area contributed by atoms with Gasteiger partial charge < -0.3 is 49.3 Å². The zero-order valence-corrected chi connectivity index (χ0v) is 27.2. The number of likely N-dealkylation sites (tertiary alicyclic amines) is 1. The molecule has 1 fully saturated rings. The maximum absolute atomic E-state index is 13.7. The first-order valence-corrected chi connectivity index (χ1v) is 15.0. The van der Waals surface area contributed by atoms with Crippen LogP contribution in [0.3, 0.4) is 0 Å². The number of ether oxygens (including phenoxy) is 6. The Balaban J connectivity index is 1.83. The van der Waals surface area contributed by atoms with Crippen LogP contribution in [0.4, 0.5) is 4.79 Å². The minimum atomic E-state index is -0.349. The molecule has 2 aromatic rings. The monoisotopic (exact) mass is 630 g/mol. The molecule has 13 heteroatoms. The number of carbonyl (C=O) groups excluding carboxylic acids is 3. The van der Waals surface area contributed by atoms with Crippen LogP contribution >= 0.6 is 0 Å². The van der Waals surface area contributed by atoms with Crippen molar-refractivity contribution in [1.29, 1.82) is 0 Å². The number of hydrogen-bond donors (Lipinski definition) is 3. The number of nitrogens with zero attached hydrogens (tertiary/aromatic N) is 1. The van der Waals surface area contributed by atoms with Crippen LogP contribution in [-0.2, 0) is 0 Å². The van der Waals surface area contributed by atoms with Gasteiger partial charge in [-0.25, -0.2) is 4.79 Å². The number of methoxy groups -OCH3 is 6. The molecule has 0 unspecified atom stereocenters. The van der Waals surface area contributed by atoms with Crippen molar-refractivity contribution in [2.75, 3.05) is 68.8 Å². The maximum atomic E-state index is 13.7. The highest BCUT2D eigenvalue weighted by molar-refractivity contribution is 5.97. The molecule has 1 aliphatic heterocycles. The molecule has 3 N–H and O–H groups in total. The molecule has 45 heavy (non-hydrogen) atoms. The van der Waals surface area contributed by atoms with E-state index in [2.05, 4.69) is 22.9 Å². The molecular weight excluding hydrogens is 584 g/mol. The molecular formula is C32H46N4O9. The second-order valence-electron chi connectivity index (χ2n) is 10.6. The number of urea groups is 1. The van der Waals surface area contributed by atoms with Crippen molar-refractivity contribution in [2.24, 2.45) is 5.92 Å². The van der Waals surface area contributed by atoms with E-state index in [1.54, 1.807) is 29.2 Å². The fourth-order valence-corrected chi connectivity index (χ4v) is 5.33. The van der Waals surface area contributed by atoms with Crippen molar-refractivity contribution in [3.05, 3.63) is 35.4 Å². The maximum Gasteiger partial charge on any atom is 0.314 e. The van der Waals surface area contributed by atoms with Crippen molar-refractivity contribution in [2.45, 2.75) is 38.6 Å². The van der Waals surface area contributed by atoms with Gasteiger partial charge >= 0.3 is 6.03 Å². The van der Waals surface area contributed by atoms with Gasteiger partial charge in [0.2, 0.25) is 11.5 Å². The molecule has 13 nitrogen and oxygen atoms in total. The summed E-state index contributed by atoms with van der Waals surface area (Å²) in [5.74, 6) is 1.32. The van der Waals surface area contributed by atoms with E-state index in [0.29, 0.717) is 65.1 Å². The molecule has 2 atom stereocenters. The van der Waals surface area contributed by atoms with Gasteiger partial charge in [-0.2, -0.15) is 0 Å². The molecule has 0 aromatic heterocycles. The number of amides is 4. The number of nitrogens with one attached hydrogen (secondary N) is 3. The fourth-order valence-electron chi connectivity index (χ4n) is 5.33. The summed E-state index contributed by atoms with van der Waals surface area (Å²) in [5.41, 5.74) is 0.686. The first-order chi connectivity index (χ1) is 21.7. The molecule has 0 bridgehead atoms. The van der Waals surface area contributed by atoms with Crippen molar-refractivity contribution in [3.8, 4) is 34.5 Å². The molecule has 1 heterocycles. The van der Waals surface area contributed by atoms with E-state index in [-0.39, 0.29) is 42.9 Å². The number of rotatable bonds is 15. The van der Waals surface area contributed by atoms with E-state index in [1.807, 2.05) is 0 Å². The topological polar surface area (TPSA) is 146 Å². The minimum Gasteiger partial charge on any atom is -0.493 e. The Morgan fingerprint density at radius 3 is 1.78 bits per heavy atom. The lowest BCUT2D eigenvalue weighted by Crippen LogP contribution is -2.56. The number of benzene rings is 2. The quantitative estimate of drug-likeness (QED) is 0.252. The summed E-state index contributed by atoms with van der Waals surface area (Å²) in [6.45, 7) is 3.55. The Hall–Kier alpha value is -4.55. The third-order valence-corrected chi connectivity index (χ3v) is 7.77. The Bertz CT molecular complexity index is 1270. The van der Waals surface area contributed by atoms with Gasteiger partial charge in [0.25, 0.3) is 11.8 Å². The Labute approximate surface area is 264 Å². The predicted octanol–water partition coefficient (Wildman–Crippen LogP) is 3.49. The summed E-state index contributed by atoms with van der Waals surface area (Å²) in [4.78, 5) is 41.5. The van der Waals surface area contributed by atoms with Gasteiger partial charge in [-0.1, -0.05) is 19.8 Å². The third-order valence-electron chi connectivity index (χ3n) is 7.77. The number of hydrogen-bond acceptors (Lipinski definition) is 9. The second kappa shape index (κ2) is 17.1. The normalized spacial score (nSPS) is 15.8. The lowest BCUT2D eigenvalue weighted by atomic mass is 9.91. The van der Waals surface area contributed by atoms with Crippen LogP contribution < -0.4 is 44.4 Å². The summed E-state index contributed by atoms with van der Waals surface area (Å²) in [6.07, 6.45) is 3.42. The summed E-state index contributed by atoms with van der Waals surface area (Å²) in [5, 5.41) is 8.90. The van der Waals surface area contributed by atoms with Gasteiger partial charge in [-0.15, -0.1) is 0 Å². The summed E-state index contributed by atoms with van der Waals surface area (Å²) in [6, 6.07) is 5.74. The zero-order valence-electron chi connectivity index (χ0n) is 27.2. The van der Waals surface area contributed by atoms with Crippen molar-refractivity contribution in [1.82, 2.24) is 20.9 Å². The van der Waals surface area contributed by atoms with Crippen LogP contribution in [-0.4, -0.2) is 97.6 Å². The molecule has 248 valence electrons. The van der Waals surface area contributed by atoms with Crippen molar-refractivity contribution < 1.29 is 42.8 Å².